The normalized spacial score (nSPS) is 18.8. The maximum atomic E-state index is 5.99. The van der Waals surface area contributed by atoms with Crippen molar-refractivity contribution in [2.24, 2.45) is 5.73 Å². The Labute approximate surface area is 104 Å². The van der Waals surface area contributed by atoms with Crippen LogP contribution in [0.15, 0.2) is 18.2 Å². The van der Waals surface area contributed by atoms with Gasteiger partial charge in [0.2, 0.25) is 0 Å². The summed E-state index contributed by atoms with van der Waals surface area (Å²) >= 11 is 0. The van der Waals surface area contributed by atoms with Crippen LogP contribution in [0.25, 0.3) is 0 Å². The van der Waals surface area contributed by atoms with Gasteiger partial charge in [-0.2, -0.15) is 0 Å². The van der Waals surface area contributed by atoms with Gasteiger partial charge in [0.15, 0.2) is 0 Å². The Morgan fingerprint density at radius 1 is 1.35 bits per heavy atom. The minimum absolute atomic E-state index is 0.214. The van der Waals surface area contributed by atoms with Crippen LogP contribution < -0.4 is 5.73 Å². The highest BCUT2D eigenvalue weighted by molar-refractivity contribution is 5.10. The van der Waals surface area contributed by atoms with Gasteiger partial charge in [0.05, 0.1) is 5.69 Å². The molecule has 0 saturated heterocycles. The summed E-state index contributed by atoms with van der Waals surface area (Å²) in [6.07, 6.45) is 5.07. The van der Waals surface area contributed by atoms with E-state index in [1.54, 1.807) is 0 Å². The van der Waals surface area contributed by atoms with E-state index in [9.17, 15) is 0 Å². The van der Waals surface area contributed by atoms with Gasteiger partial charge in [-0.25, -0.2) is 0 Å². The van der Waals surface area contributed by atoms with Gasteiger partial charge in [0, 0.05) is 24.3 Å². The molecule has 0 atom stereocenters. The van der Waals surface area contributed by atoms with Crippen LogP contribution in [0.5, 0.6) is 0 Å². The smallest absolute Gasteiger partial charge is 0.0547 e. The quantitative estimate of drug-likeness (QED) is 0.866. The fraction of sp³-hybridized carbons (Fsp3) is 0.643. The Morgan fingerprint density at radius 2 is 2.06 bits per heavy atom. The number of pyridine rings is 1. The van der Waals surface area contributed by atoms with Gasteiger partial charge >= 0.3 is 0 Å². The monoisotopic (exact) mass is 233 g/mol. The molecule has 1 aromatic rings. The fourth-order valence-corrected chi connectivity index (χ4v) is 2.87. The lowest BCUT2D eigenvalue weighted by Gasteiger charge is -2.37. The minimum Gasteiger partial charge on any atom is -0.329 e. The molecule has 1 aliphatic rings. The highest BCUT2D eigenvalue weighted by atomic mass is 15.2. The first-order valence-electron chi connectivity index (χ1n) is 6.50. The van der Waals surface area contributed by atoms with E-state index in [4.69, 9.17) is 5.73 Å². The summed E-state index contributed by atoms with van der Waals surface area (Å²) in [4.78, 5) is 6.97. The first-order valence-corrected chi connectivity index (χ1v) is 6.50. The predicted octanol–water partition coefficient (Wildman–Crippen LogP) is 2.09. The molecule has 1 heterocycles. The van der Waals surface area contributed by atoms with Gasteiger partial charge in [-0.1, -0.05) is 18.9 Å². The van der Waals surface area contributed by atoms with Crippen molar-refractivity contribution in [1.82, 2.24) is 9.88 Å². The molecule has 0 aromatic carbocycles. The Morgan fingerprint density at radius 3 is 2.65 bits per heavy atom. The molecule has 3 heteroatoms. The largest absolute Gasteiger partial charge is 0.329 e. The number of aromatic nitrogens is 1. The molecular weight excluding hydrogens is 210 g/mol. The van der Waals surface area contributed by atoms with Gasteiger partial charge in [0.25, 0.3) is 0 Å². The van der Waals surface area contributed by atoms with Crippen LogP contribution >= 0.6 is 0 Å². The summed E-state index contributed by atoms with van der Waals surface area (Å²) in [6, 6.07) is 6.22. The molecule has 1 aromatic heterocycles. The molecule has 2 rings (SSSR count). The molecule has 94 valence electrons. The molecule has 0 radical (unpaired) electrons. The summed E-state index contributed by atoms with van der Waals surface area (Å²) in [5, 5.41) is 0. The summed E-state index contributed by atoms with van der Waals surface area (Å²) in [5.74, 6) is 0. The Kier molecular flexibility index (Phi) is 3.79. The van der Waals surface area contributed by atoms with Crippen molar-refractivity contribution in [2.45, 2.75) is 44.7 Å². The maximum Gasteiger partial charge on any atom is 0.0547 e. The molecule has 1 fully saturated rings. The number of hydrogen-bond acceptors (Lipinski definition) is 3. The van der Waals surface area contributed by atoms with Gasteiger partial charge in [-0.15, -0.1) is 0 Å². The molecule has 2 N–H and O–H groups in total. The average Bonchev–Trinajstić information content (AvgIpc) is 2.78. The van der Waals surface area contributed by atoms with Gasteiger partial charge in [-0.3, -0.25) is 9.88 Å². The highest BCUT2D eigenvalue weighted by Gasteiger charge is 2.36. The van der Waals surface area contributed by atoms with E-state index in [0.717, 1.165) is 24.5 Å². The van der Waals surface area contributed by atoms with Crippen LogP contribution in [0.2, 0.25) is 0 Å². The average molecular weight is 233 g/mol. The van der Waals surface area contributed by atoms with Crippen molar-refractivity contribution in [1.29, 1.82) is 0 Å². The number of rotatable bonds is 4. The van der Waals surface area contributed by atoms with Crippen LogP contribution in [0, 0.1) is 6.92 Å². The number of likely N-dealkylation sites (N-methyl/N-ethyl adjacent to an activating group) is 1. The molecule has 3 nitrogen and oxygen atoms in total. The van der Waals surface area contributed by atoms with Crippen molar-refractivity contribution in [3.8, 4) is 0 Å². The Hall–Kier alpha value is -0.930. The summed E-state index contributed by atoms with van der Waals surface area (Å²) < 4.78 is 0. The first-order chi connectivity index (χ1) is 8.16. The SMILES string of the molecule is Cc1cccc(CN(C)C2(CN)CCCC2)n1. The van der Waals surface area contributed by atoms with Crippen LogP contribution in [-0.2, 0) is 6.54 Å². The molecule has 0 unspecified atom stereocenters. The summed E-state index contributed by atoms with van der Waals surface area (Å²) in [7, 11) is 2.18. The molecule has 1 saturated carbocycles. The third kappa shape index (κ3) is 2.67. The second-order valence-electron chi connectivity index (χ2n) is 5.26. The maximum absolute atomic E-state index is 5.99. The standard InChI is InChI=1S/C14H23N3/c1-12-6-5-7-13(16-12)10-17(2)14(11-15)8-3-4-9-14/h5-7H,3-4,8-11,15H2,1-2H3. The van der Waals surface area contributed by atoms with Crippen molar-refractivity contribution >= 4 is 0 Å². The van der Waals surface area contributed by atoms with E-state index < -0.39 is 0 Å². The summed E-state index contributed by atoms with van der Waals surface area (Å²) in [5.41, 5.74) is 8.44. The van der Waals surface area contributed by atoms with E-state index in [1.165, 1.54) is 25.7 Å². The van der Waals surface area contributed by atoms with Crippen LogP contribution in [-0.4, -0.2) is 29.0 Å². The Balaban J connectivity index is 2.07. The number of nitrogens with two attached hydrogens (primary N) is 1. The van der Waals surface area contributed by atoms with Crippen molar-refractivity contribution in [3.05, 3.63) is 29.6 Å². The van der Waals surface area contributed by atoms with Crippen LogP contribution in [0.4, 0.5) is 0 Å². The number of hydrogen-bond donors (Lipinski definition) is 1. The zero-order valence-corrected chi connectivity index (χ0v) is 10.9. The van der Waals surface area contributed by atoms with Gasteiger partial charge in [-0.05, 0) is 38.9 Å². The highest BCUT2D eigenvalue weighted by Crippen LogP contribution is 2.34. The lowest BCUT2D eigenvalue weighted by Crippen LogP contribution is -2.49. The van der Waals surface area contributed by atoms with Crippen molar-refractivity contribution in [3.63, 3.8) is 0 Å². The van der Waals surface area contributed by atoms with E-state index in [2.05, 4.69) is 29.1 Å². The zero-order valence-electron chi connectivity index (χ0n) is 10.9. The van der Waals surface area contributed by atoms with Crippen molar-refractivity contribution < 1.29 is 0 Å². The second kappa shape index (κ2) is 5.15. The number of nitrogens with zero attached hydrogens (tertiary/aromatic N) is 2. The lowest BCUT2D eigenvalue weighted by atomic mass is 9.95. The van der Waals surface area contributed by atoms with Gasteiger partial charge < -0.3 is 5.73 Å². The molecular formula is C14H23N3. The first kappa shape index (κ1) is 12.5. The van der Waals surface area contributed by atoms with E-state index in [1.807, 2.05) is 13.0 Å². The van der Waals surface area contributed by atoms with E-state index in [-0.39, 0.29) is 5.54 Å². The minimum atomic E-state index is 0.214. The Bertz CT molecular complexity index is 369. The molecule has 0 aliphatic heterocycles. The zero-order chi connectivity index (χ0) is 12.3. The van der Waals surface area contributed by atoms with Crippen LogP contribution in [0.1, 0.15) is 37.1 Å². The molecule has 0 amide bonds. The second-order valence-corrected chi connectivity index (χ2v) is 5.26. The van der Waals surface area contributed by atoms with Crippen molar-refractivity contribution in [2.75, 3.05) is 13.6 Å². The lowest BCUT2D eigenvalue weighted by molar-refractivity contribution is 0.122. The summed E-state index contributed by atoms with van der Waals surface area (Å²) in [6.45, 7) is 3.70. The number of aryl methyl sites for hydroxylation is 1. The third-order valence-corrected chi connectivity index (χ3v) is 4.07. The van der Waals surface area contributed by atoms with Gasteiger partial charge in [0.1, 0.15) is 0 Å². The topological polar surface area (TPSA) is 42.1 Å². The van der Waals surface area contributed by atoms with Crippen LogP contribution in [0.3, 0.4) is 0 Å². The predicted molar refractivity (Wildman–Crippen MR) is 70.7 cm³/mol. The molecule has 0 spiro atoms. The molecule has 1 aliphatic carbocycles. The molecule has 0 bridgehead atoms. The van der Waals surface area contributed by atoms with E-state index >= 15 is 0 Å². The fourth-order valence-electron chi connectivity index (χ4n) is 2.87. The molecule has 17 heavy (non-hydrogen) atoms. The van der Waals surface area contributed by atoms with E-state index in [0.29, 0.717) is 0 Å². The third-order valence-electron chi connectivity index (χ3n) is 4.07.